The smallest absolute Gasteiger partial charge is 0.287 e. The standard InChI is InChI=1S/C22H25NO4S/c24-18(20-11-6-12-26-20)13-23-22(25)21-17(14-28-15-7-2-1-3-8-15)16-9-4-5-10-19(16)27-21/h4-6,9-12,15,18,24H,1-3,7-8,13-14H2,(H,23,25). The number of furan rings is 2. The molecule has 1 aliphatic carbocycles. The Balaban J connectivity index is 1.49. The molecule has 1 saturated carbocycles. The second-order valence-electron chi connectivity index (χ2n) is 7.22. The Morgan fingerprint density at radius 1 is 1.18 bits per heavy atom. The van der Waals surface area contributed by atoms with Crippen molar-refractivity contribution in [1.29, 1.82) is 0 Å². The van der Waals surface area contributed by atoms with Gasteiger partial charge in [-0.1, -0.05) is 37.5 Å². The van der Waals surface area contributed by atoms with E-state index in [1.807, 2.05) is 36.0 Å². The summed E-state index contributed by atoms with van der Waals surface area (Å²) in [4.78, 5) is 12.8. The molecule has 6 heteroatoms. The molecule has 1 unspecified atom stereocenters. The number of hydrogen-bond acceptors (Lipinski definition) is 5. The van der Waals surface area contributed by atoms with Crippen molar-refractivity contribution in [3.8, 4) is 0 Å². The number of hydrogen-bond donors (Lipinski definition) is 2. The number of amides is 1. The summed E-state index contributed by atoms with van der Waals surface area (Å²) in [6.07, 6.45) is 7.03. The van der Waals surface area contributed by atoms with E-state index in [9.17, 15) is 9.90 Å². The minimum atomic E-state index is -0.886. The fourth-order valence-corrected chi connectivity index (χ4v) is 5.07. The number of nitrogens with one attached hydrogen (secondary N) is 1. The van der Waals surface area contributed by atoms with Gasteiger partial charge in [0.15, 0.2) is 5.76 Å². The molecule has 3 aromatic rings. The van der Waals surface area contributed by atoms with Gasteiger partial charge in [0.05, 0.1) is 12.8 Å². The van der Waals surface area contributed by atoms with Crippen molar-refractivity contribution in [2.75, 3.05) is 6.54 Å². The molecule has 0 aliphatic heterocycles. The van der Waals surface area contributed by atoms with Gasteiger partial charge in [0.25, 0.3) is 5.91 Å². The highest BCUT2D eigenvalue weighted by Gasteiger charge is 2.23. The van der Waals surface area contributed by atoms with Gasteiger partial charge in [-0.3, -0.25) is 4.79 Å². The Bertz CT molecular complexity index is 912. The molecule has 1 amide bonds. The van der Waals surface area contributed by atoms with Gasteiger partial charge in [-0.15, -0.1) is 0 Å². The predicted molar refractivity (Wildman–Crippen MR) is 110 cm³/mol. The number of aliphatic hydroxyl groups is 1. The van der Waals surface area contributed by atoms with Gasteiger partial charge < -0.3 is 19.3 Å². The lowest BCUT2D eigenvalue weighted by molar-refractivity contribution is 0.0875. The quantitative estimate of drug-likeness (QED) is 0.581. The maximum absolute atomic E-state index is 12.8. The van der Waals surface area contributed by atoms with Crippen LogP contribution in [0.1, 0.15) is 60.1 Å². The van der Waals surface area contributed by atoms with Crippen LogP contribution in [-0.2, 0) is 5.75 Å². The van der Waals surface area contributed by atoms with E-state index in [0.717, 1.165) is 22.3 Å². The molecule has 0 saturated heterocycles. The Labute approximate surface area is 168 Å². The molecular weight excluding hydrogens is 374 g/mol. The molecule has 0 radical (unpaired) electrons. The largest absolute Gasteiger partial charge is 0.467 e. The van der Waals surface area contributed by atoms with Crippen molar-refractivity contribution in [3.05, 3.63) is 59.7 Å². The number of benzene rings is 1. The highest BCUT2D eigenvalue weighted by atomic mass is 32.2. The van der Waals surface area contributed by atoms with E-state index in [0.29, 0.717) is 16.8 Å². The van der Waals surface area contributed by atoms with Crippen molar-refractivity contribution in [3.63, 3.8) is 0 Å². The minimum Gasteiger partial charge on any atom is -0.467 e. The lowest BCUT2D eigenvalue weighted by Gasteiger charge is -2.20. The third kappa shape index (κ3) is 4.28. The second-order valence-corrected chi connectivity index (χ2v) is 8.51. The molecule has 1 aliphatic rings. The van der Waals surface area contributed by atoms with E-state index in [4.69, 9.17) is 8.83 Å². The fourth-order valence-electron chi connectivity index (χ4n) is 3.71. The lowest BCUT2D eigenvalue weighted by Crippen LogP contribution is -2.28. The summed E-state index contributed by atoms with van der Waals surface area (Å²) >= 11 is 1.92. The summed E-state index contributed by atoms with van der Waals surface area (Å²) < 4.78 is 11.1. The zero-order valence-electron chi connectivity index (χ0n) is 15.7. The van der Waals surface area contributed by atoms with Crippen molar-refractivity contribution in [2.45, 2.75) is 49.2 Å². The molecule has 0 bridgehead atoms. The van der Waals surface area contributed by atoms with Gasteiger partial charge in [-0.05, 0) is 31.0 Å². The van der Waals surface area contributed by atoms with Gasteiger partial charge in [-0.2, -0.15) is 11.8 Å². The van der Waals surface area contributed by atoms with E-state index in [2.05, 4.69) is 5.32 Å². The summed E-state index contributed by atoms with van der Waals surface area (Å²) in [5.41, 5.74) is 1.66. The summed E-state index contributed by atoms with van der Waals surface area (Å²) in [7, 11) is 0. The van der Waals surface area contributed by atoms with Crippen LogP contribution in [0.2, 0.25) is 0 Å². The summed E-state index contributed by atoms with van der Waals surface area (Å²) in [5, 5.41) is 14.6. The maximum atomic E-state index is 12.8. The molecule has 28 heavy (non-hydrogen) atoms. The number of carbonyl (C=O) groups is 1. The van der Waals surface area contributed by atoms with Gasteiger partial charge in [-0.25, -0.2) is 0 Å². The Kier molecular flexibility index (Phi) is 6.07. The van der Waals surface area contributed by atoms with E-state index in [-0.39, 0.29) is 12.5 Å². The highest BCUT2D eigenvalue weighted by Crippen LogP contribution is 2.35. The van der Waals surface area contributed by atoms with Crippen molar-refractivity contribution in [2.24, 2.45) is 0 Å². The van der Waals surface area contributed by atoms with Crippen molar-refractivity contribution in [1.82, 2.24) is 5.32 Å². The third-order valence-corrected chi connectivity index (χ3v) is 6.65. The molecule has 4 rings (SSSR count). The first-order chi connectivity index (χ1) is 13.7. The molecule has 1 fully saturated rings. The highest BCUT2D eigenvalue weighted by molar-refractivity contribution is 7.99. The van der Waals surface area contributed by atoms with Crippen molar-refractivity contribution >= 4 is 28.6 Å². The average molecular weight is 400 g/mol. The summed E-state index contributed by atoms with van der Waals surface area (Å²) in [6.45, 7) is 0.0681. The average Bonchev–Trinajstić information content (AvgIpc) is 3.39. The first-order valence-electron chi connectivity index (χ1n) is 9.84. The molecule has 2 N–H and O–H groups in total. The van der Waals surface area contributed by atoms with Crippen LogP contribution in [0.3, 0.4) is 0 Å². The number of para-hydroxylation sites is 1. The molecule has 2 heterocycles. The minimum absolute atomic E-state index is 0.0681. The first kappa shape index (κ1) is 19.2. The van der Waals surface area contributed by atoms with Crippen LogP contribution < -0.4 is 5.32 Å². The van der Waals surface area contributed by atoms with Crippen LogP contribution in [-0.4, -0.2) is 22.8 Å². The molecule has 2 aromatic heterocycles. The van der Waals surface area contributed by atoms with Crippen molar-refractivity contribution < 1.29 is 18.7 Å². The van der Waals surface area contributed by atoms with Crippen LogP contribution in [0.15, 0.2) is 51.5 Å². The Morgan fingerprint density at radius 3 is 2.79 bits per heavy atom. The Hall–Kier alpha value is -2.18. The molecule has 0 spiro atoms. The number of carbonyl (C=O) groups excluding carboxylic acids is 1. The number of thioether (sulfide) groups is 1. The predicted octanol–water partition coefficient (Wildman–Crippen LogP) is 5.06. The SMILES string of the molecule is O=C(NCC(O)c1ccco1)c1oc2ccccc2c1CSC1CCCCC1. The normalized spacial score (nSPS) is 16.3. The monoisotopic (exact) mass is 399 g/mol. The number of fused-ring (bicyclic) bond motifs is 1. The second kappa shape index (κ2) is 8.88. The van der Waals surface area contributed by atoms with Gasteiger partial charge in [0.2, 0.25) is 0 Å². The molecule has 5 nitrogen and oxygen atoms in total. The molecule has 1 atom stereocenters. The summed E-state index contributed by atoms with van der Waals surface area (Å²) in [6, 6.07) is 11.2. The van der Waals surface area contributed by atoms with Crippen LogP contribution in [0.5, 0.6) is 0 Å². The van der Waals surface area contributed by atoms with Gasteiger partial charge >= 0.3 is 0 Å². The van der Waals surface area contributed by atoms with E-state index in [1.165, 1.54) is 38.4 Å². The lowest BCUT2D eigenvalue weighted by atomic mass is 10.0. The summed E-state index contributed by atoms with van der Waals surface area (Å²) in [5.74, 6) is 1.22. The molecule has 148 valence electrons. The molecular formula is C22H25NO4S. The first-order valence-corrected chi connectivity index (χ1v) is 10.9. The van der Waals surface area contributed by atoms with Crippen LogP contribution in [0.25, 0.3) is 11.0 Å². The number of rotatable bonds is 7. The topological polar surface area (TPSA) is 75.6 Å². The number of aliphatic hydroxyl groups excluding tert-OH is 1. The Morgan fingerprint density at radius 2 is 2.00 bits per heavy atom. The maximum Gasteiger partial charge on any atom is 0.287 e. The zero-order valence-corrected chi connectivity index (χ0v) is 16.5. The van der Waals surface area contributed by atoms with Gasteiger partial charge in [0.1, 0.15) is 17.4 Å². The van der Waals surface area contributed by atoms with E-state index in [1.54, 1.807) is 12.1 Å². The van der Waals surface area contributed by atoms with E-state index >= 15 is 0 Å². The van der Waals surface area contributed by atoms with Crippen LogP contribution in [0.4, 0.5) is 0 Å². The molecule has 1 aromatic carbocycles. The van der Waals surface area contributed by atoms with Gasteiger partial charge in [0, 0.05) is 22.0 Å². The zero-order chi connectivity index (χ0) is 19.3. The van der Waals surface area contributed by atoms with Crippen LogP contribution >= 0.6 is 11.8 Å². The third-order valence-electron chi connectivity index (χ3n) is 5.25. The van der Waals surface area contributed by atoms with Crippen LogP contribution in [0, 0.1) is 0 Å². The fraction of sp³-hybridized carbons (Fsp3) is 0.409. The van der Waals surface area contributed by atoms with E-state index < -0.39 is 6.10 Å².